The van der Waals surface area contributed by atoms with Crippen molar-refractivity contribution in [2.24, 2.45) is 0 Å². The summed E-state index contributed by atoms with van der Waals surface area (Å²) in [6, 6.07) is -0.296. The molecule has 2 fully saturated rings. The molecule has 2 saturated heterocycles. The van der Waals surface area contributed by atoms with Crippen LogP contribution in [0.15, 0.2) is 0 Å². The molecule has 0 aromatic heterocycles. The number of rotatable bonds is 5. The van der Waals surface area contributed by atoms with Gasteiger partial charge in [0.25, 0.3) is 0 Å². The second kappa shape index (κ2) is 5.71. The standard InChI is InChI=1S/C13H22N2O3S/c1-9(4-3-7-16)14-12(18)10-8-19-13(2)6-5-11(17)15(10)13/h9-10,16H,3-8H2,1-2H3,(H,14,18). The summed E-state index contributed by atoms with van der Waals surface area (Å²) >= 11 is 1.70. The molecule has 2 heterocycles. The van der Waals surface area contributed by atoms with Gasteiger partial charge >= 0.3 is 0 Å². The molecule has 6 heteroatoms. The fourth-order valence-corrected chi connectivity index (χ4v) is 4.26. The number of thioether (sulfide) groups is 1. The summed E-state index contributed by atoms with van der Waals surface area (Å²) < 4.78 is 0. The van der Waals surface area contributed by atoms with Gasteiger partial charge in [-0.1, -0.05) is 0 Å². The van der Waals surface area contributed by atoms with E-state index in [2.05, 4.69) is 5.32 Å². The molecule has 108 valence electrons. The van der Waals surface area contributed by atoms with Crippen molar-refractivity contribution < 1.29 is 14.7 Å². The van der Waals surface area contributed by atoms with E-state index in [4.69, 9.17) is 5.11 Å². The van der Waals surface area contributed by atoms with Gasteiger partial charge in [-0.05, 0) is 33.1 Å². The molecular formula is C13H22N2O3S. The molecule has 2 aliphatic heterocycles. The Hall–Kier alpha value is -0.750. The SMILES string of the molecule is CC(CCCO)NC(=O)C1CSC2(C)CCC(=O)N12. The van der Waals surface area contributed by atoms with E-state index in [0.717, 1.165) is 12.8 Å². The lowest BCUT2D eigenvalue weighted by Crippen LogP contribution is -2.51. The summed E-state index contributed by atoms with van der Waals surface area (Å²) in [5, 5.41) is 11.7. The van der Waals surface area contributed by atoms with Crippen LogP contribution in [0.1, 0.15) is 39.5 Å². The van der Waals surface area contributed by atoms with Gasteiger partial charge in [0.2, 0.25) is 11.8 Å². The molecule has 2 rings (SSSR count). The fourth-order valence-electron chi connectivity index (χ4n) is 2.82. The zero-order valence-electron chi connectivity index (χ0n) is 11.5. The number of nitrogens with zero attached hydrogens (tertiary/aromatic N) is 1. The van der Waals surface area contributed by atoms with Crippen LogP contribution in [0.4, 0.5) is 0 Å². The van der Waals surface area contributed by atoms with Crippen LogP contribution in [0.5, 0.6) is 0 Å². The van der Waals surface area contributed by atoms with E-state index in [-0.39, 0.29) is 35.4 Å². The quantitative estimate of drug-likeness (QED) is 0.781. The molecule has 0 radical (unpaired) electrons. The third kappa shape index (κ3) is 2.89. The monoisotopic (exact) mass is 286 g/mol. The van der Waals surface area contributed by atoms with Gasteiger partial charge in [-0.15, -0.1) is 11.8 Å². The zero-order valence-corrected chi connectivity index (χ0v) is 12.3. The van der Waals surface area contributed by atoms with Crippen molar-refractivity contribution in [3.8, 4) is 0 Å². The van der Waals surface area contributed by atoms with Crippen LogP contribution < -0.4 is 5.32 Å². The van der Waals surface area contributed by atoms with Crippen LogP contribution in [0.25, 0.3) is 0 Å². The lowest BCUT2D eigenvalue weighted by Gasteiger charge is -2.30. The van der Waals surface area contributed by atoms with E-state index in [0.29, 0.717) is 18.6 Å². The number of amides is 2. The molecule has 0 aromatic carbocycles. The predicted molar refractivity (Wildman–Crippen MR) is 74.7 cm³/mol. The molecule has 3 unspecified atom stereocenters. The van der Waals surface area contributed by atoms with Gasteiger partial charge in [-0.2, -0.15) is 0 Å². The van der Waals surface area contributed by atoms with Gasteiger partial charge in [-0.25, -0.2) is 0 Å². The molecule has 2 amide bonds. The van der Waals surface area contributed by atoms with Crippen LogP contribution in [-0.4, -0.2) is 51.1 Å². The average Bonchev–Trinajstić information content (AvgIpc) is 2.84. The number of carbonyl (C=O) groups is 2. The summed E-state index contributed by atoms with van der Waals surface area (Å²) in [5.74, 6) is 0.716. The Morgan fingerprint density at radius 1 is 1.68 bits per heavy atom. The maximum atomic E-state index is 12.3. The third-order valence-corrected chi connectivity index (χ3v) is 5.44. The maximum Gasteiger partial charge on any atom is 0.243 e. The number of hydrogen-bond donors (Lipinski definition) is 2. The Morgan fingerprint density at radius 3 is 3.11 bits per heavy atom. The summed E-state index contributed by atoms with van der Waals surface area (Å²) in [6.07, 6.45) is 2.82. The molecule has 3 atom stereocenters. The van der Waals surface area contributed by atoms with E-state index in [1.165, 1.54) is 0 Å². The van der Waals surface area contributed by atoms with E-state index in [9.17, 15) is 9.59 Å². The molecular weight excluding hydrogens is 264 g/mol. The molecule has 0 spiro atoms. The smallest absolute Gasteiger partial charge is 0.243 e. The van der Waals surface area contributed by atoms with Crippen LogP contribution >= 0.6 is 11.8 Å². The van der Waals surface area contributed by atoms with Crippen molar-refractivity contribution in [3.05, 3.63) is 0 Å². The first kappa shape index (κ1) is 14.7. The van der Waals surface area contributed by atoms with Crippen LogP contribution in [0.2, 0.25) is 0 Å². The summed E-state index contributed by atoms with van der Waals surface area (Å²) in [7, 11) is 0. The van der Waals surface area contributed by atoms with Crippen molar-refractivity contribution in [1.29, 1.82) is 0 Å². The van der Waals surface area contributed by atoms with E-state index < -0.39 is 0 Å². The van der Waals surface area contributed by atoms with Crippen LogP contribution in [0, 0.1) is 0 Å². The summed E-state index contributed by atoms with van der Waals surface area (Å²) in [6.45, 7) is 4.12. The number of aliphatic hydroxyl groups is 1. The Balaban J connectivity index is 1.95. The van der Waals surface area contributed by atoms with Gasteiger partial charge in [0.05, 0.1) is 4.87 Å². The molecule has 0 bridgehead atoms. The van der Waals surface area contributed by atoms with Crippen LogP contribution in [0.3, 0.4) is 0 Å². The number of aliphatic hydroxyl groups excluding tert-OH is 1. The minimum Gasteiger partial charge on any atom is -0.396 e. The Morgan fingerprint density at radius 2 is 2.42 bits per heavy atom. The highest BCUT2D eigenvalue weighted by molar-refractivity contribution is 8.01. The van der Waals surface area contributed by atoms with Crippen molar-refractivity contribution in [3.63, 3.8) is 0 Å². The largest absolute Gasteiger partial charge is 0.396 e. The van der Waals surface area contributed by atoms with Crippen molar-refractivity contribution >= 4 is 23.6 Å². The van der Waals surface area contributed by atoms with Gasteiger partial charge < -0.3 is 15.3 Å². The molecule has 5 nitrogen and oxygen atoms in total. The molecule has 0 aromatic rings. The highest BCUT2D eigenvalue weighted by atomic mass is 32.2. The summed E-state index contributed by atoms with van der Waals surface area (Å²) in [4.78, 5) is 25.8. The van der Waals surface area contributed by atoms with Crippen molar-refractivity contribution in [2.45, 2.75) is 56.5 Å². The molecule has 0 saturated carbocycles. The number of nitrogens with one attached hydrogen (secondary N) is 1. The van der Waals surface area contributed by atoms with Gasteiger partial charge in [0.1, 0.15) is 6.04 Å². The minimum atomic E-state index is -0.332. The second-order valence-electron chi connectivity index (χ2n) is 5.54. The molecule has 0 aliphatic carbocycles. The summed E-state index contributed by atoms with van der Waals surface area (Å²) in [5.41, 5.74) is 0. The number of carbonyl (C=O) groups excluding carboxylic acids is 2. The first-order valence-corrected chi connectivity index (χ1v) is 7.84. The first-order valence-electron chi connectivity index (χ1n) is 6.85. The first-order chi connectivity index (χ1) is 8.98. The molecule has 2 N–H and O–H groups in total. The second-order valence-corrected chi connectivity index (χ2v) is 7.04. The van der Waals surface area contributed by atoms with Crippen molar-refractivity contribution in [2.75, 3.05) is 12.4 Å². The Bertz CT molecular complexity index is 377. The van der Waals surface area contributed by atoms with Crippen LogP contribution in [-0.2, 0) is 9.59 Å². The zero-order chi connectivity index (χ0) is 14.0. The van der Waals surface area contributed by atoms with E-state index in [1.807, 2.05) is 13.8 Å². The molecule has 2 aliphatic rings. The Kier molecular flexibility index (Phi) is 4.40. The third-order valence-electron chi connectivity index (χ3n) is 3.93. The fraction of sp³-hybridized carbons (Fsp3) is 0.846. The number of fused-ring (bicyclic) bond motifs is 1. The lowest BCUT2D eigenvalue weighted by atomic mass is 10.1. The van der Waals surface area contributed by atoms with E-state index >= 15 is 0 Å². The van der Waals surface area contributed by atoms with Gasteiger partial charge in [-0.3, -0.25) is 9.59 Å². The highest BCUT2D eigenvalue weighted by Crippen LogP contribution is 2.47. The van der Waals surface area contributed by atoms with Gasteiger partial charge in [0.15, 0.2) is 0 Å². The maximum absolute atomic E-state index is 12.3. The average molecular weight is 286 g/mol. The number of hydrogen-bond acceptors (Lipinski definition) is 4. The van der Waals surface area contributed by atoms with Gasteiger partial charge in [0, 0.05) is 24.8 Å². The topological polar surface area (TPSA) is 69.6 Å². The minimum absolute atomic E-state index is 0.0363. The molecule has 19 heavy (non-hydrogen) atoms. The van der Waals surface area contributed by atoms with Crippen molar-refractivity contribution in [1.82, 2.24) is 10.2 Å². The lowest BCUT2D eigenvalue weighted by molar-refractivity contribution is -0.138. The Labute approximate surface area is 118 Å². The predicted octanol–water partition coefficient (Wildman–Crippen LogP) is 0.718. The van der Waals surface area contributed by atoms with E-state index in [1.54, 1.807) is 16.7 Å². The highest BCUT2D eigenvalue weighted by Gasteiger charge is 2.52. The normalized spacial score (nSPS) is 31.4.